The van der Waals surface area contributed by atoms with Crippen LogP contribution in [0.3, 0.4) is 0 Å². The van der Waals surface area contributed by atoms with Gasteiger partial charge in [-0.1, -0.05) is 24.3 Å². The number of nitrogens with zero attached hydrogens (tertiary/aromatic N) is 3. The zero-order valence-electron chi connectivity index (χ0n) is 17.1. The summed E-state index contributed by atoms with van der Waals surface area (Å²) in [5.74, 6) is -0.468. The van der Waals surface area contributed by atoms with Gasteiger partial charge in [0, 0.05) is 25.6 Å². The van der Waals surface area contributed by atoms with Crippen LogP contribution in [0.4, 0.5) is 0 Å². The molecule has 0 bridgehead atoms. The van der Waals surface area contributed by atoms with Gasteiger partial charge in [-0.05, 0) is 30.7 Å². The van der Waals surface area contributed by atoms with E-state index in [0.717, 1.165) is 0 Å². The Labute approximate surface area is 179 Å². The number of allylic oxidation sites excluding steroid dienone is 4. The van der Waals surface area contributed by atoms with Crippen LogP contribution in [0.2, 0.25) is 0 Å². The average molecular weight is 414 g/mol. The lowest BCUT2D eigenvalue weighted by Gasteiger charge is -2.27. The molecule has 8 nitrogen and oxygen atoms in total. The van der Waals surface area contributed by atoms with Gasteiger partial charge in [0.05, 0.1) is 0 Å². The van der Waals surface area contributed by atoms with Crippen molar-refractivity contribution in [2.45, 2.75) is 26.4 Å². The highest BCUT2D eigenvalue weighted by Crippen LogP contribution is 2.47. The third-order valence-corrected chi connectivity index (χ3v) is 4.30. The molecule has 0 saturated heterocycles. The zero-order valence-corrected chi connectivity index (χ0v) is 17.1. The molecule has 1 N–H and O–H groups in total. The summed E-state index contributed by atoms with van der Waals surface area (Å²) in [6, 6.07) is 12.0. The van der Waals surface area contributed by atoms with Crippen LogP contribution in [-0.2, 0) is 19.9 Å². The minimum absolute atomic E-state index is 0.0499. The standard InChI is InChI=1S/C23H18N4O4/c1-15(28)27-11-5-4-6-21-20(14-26)22(17(12-24)13-25)31-23(21,3)18-7-9-19(10-8-18)30-16(2)29/h4-11H,1-3H3,(H,27,28)/b6-4?,11-5+. The van der Waals surface area contributed by atoms with Crippen molar-refractivity contribution in [3.63, 3.8) is 0 Å². The number of hydrogen-bond acceptors (Lipinski definition) is 7. The van der Waals surface area contributed by atoms with Crippen molar-refractivity contribution in [3.8, 4) is 24.0 Å². The van der Waals surface area contributed by atoms with Gasteiger partial charge in [-0.3, -0.25) is 9.59 Å². The number of nitriles is 3. The number of carbonyl (C=O) groups excluding carboxylic acids is 2. The van der Waals surface area contributed by atoms with E-state index in [4.69, 9.17) is 9.47 Å². The van der Waals surface area contributed by atoms with E-state index in [2.05, 4.69) is 5.32 Å². The highest BCUT2D eigenvalue weighted by atomic mass is 16.5. The fraction of sp³-hybridized carbons (Fsp3) is 0.174. The highest BCUT2D eigenvalue weighted by Gasteiger charge is 2.43. The molecule has 1 aromatic rings. The smallest absolute Gasteiger partial charge is 0.308 e. The molecule has 1 unspecified atom stereocenters. The van der Waals surface area contributed by atoms with Gasteiger partial charge in [0.2, 0.25) is 5.91 Å². The van der Waals surface area contributed by atoms with Crippen molar-refractivity contribution in [2.24, 2.45) is 0 Å². The first-order valence-corrected chi connectivity index (χ1v) is 9.04. The first-order chi connectivity index (χ1) is 14.8. The molecule has 0 radical (unpaired) electrons. The first-order valence-electron chi connectivity index (χ1n) is 9.04. The quantitative estimate of drug-likeness (QED) is 0.338. The number of esters is 1. The van der Waals surface area contributed by atoms with Gasteiger partial charge in [0.1, 0.15) is 29.5 Å². The topological polar surface area (TPSA) is 136 Å². The van der Waals surface area contributed by atoms with E-state index in [1.54, 1.807) is 61.6 Å². The third-order valence-electron chi connectivity index (χ3n) is 4.30. The number of ether oxygens (including phenoxy) is 2. The van der Waals surface area contributed by atoms with Gasteiger partial charge in [0.25, 0.3) is 0 Å². The molecule has 1 aromatic carbocycles. The maximum atomic E-state index is 11.1. The molecule has 154 valence electrons. The lowest BCUT2D eigenvalue weighted by Crippen LogP contribution is -2.23. The van der Waals surface area contributed by atoms with Crippen LogP contribution < -0.4 is 10.1 Å². The van der Waals surface area contributed by atoms with Crippen molar-refractivity contribution in [1.29, 1.82) is 15.8 Å². The number of carbonyl (C=O) groups is 2. The average Bonchev–Trinajstić information content (AvgIpc) is 3.01. The van der Waals surface area contributed by atoms with E-state index in [1.807, 2.05) is 6.07 Å². The lowest BCUT2D eigenvalue weighted by molar-refractivity contribution is -0.131. The van der Waals surface area contributed by atoms with Crippen LogP contribution in [0.25, 0.3) is 0 Å². The van der Waals surface area contributed by atoms with Crippen LogP contribution in [0.15, 0.2) is 71.2 Å². The van der Waals surface area contributed by atoms with E-state index in [1.165, 1.54) is 20.0 Å². The fourth-order valence-corrected chi connectivity index (χ4v) is 2.92. The summed E-state index contributed by atoms with van der Waals surface area (Å²) in [4.78, 5) is 22.1. The number of amides is 1. The molecule has 0 fully saturated rings. The Hall–Kier alpha value is -4.61. The van der Waals surface area contributed by atoms with Gasteiger partial charge in [0.15, 0.2) is 16.9 Å². The molecule has 1 amide bonds. The molecule has 0 spiro atoms. The van der Waals surface area contributed by atoms with Gasteiger partial charge in [-0.15, -0.1) is 0 Å². The number of hydrogen-bond donors (Lipinski definition) is 1. The van der Waals surface area contributed by atoms with Crippen LogP contribution in [0.5, 0.6) is 5.75 Å². The Morgan fingerprint density at radius 2 is 1.74 bits per heavy atom. The monoisotopic (exact) mass is 414 g/mol. The summed E-state index contributed by atoms with van der Waals surface area (Å²) < 4.78 is 11.0. The van der Waals surface area contributed by atoms with Crippen molar-refractivity contribution >= 4 is 11.9 Å². The van der Waals surface area contributed by atoms with E-state index in [-0.39, 0.29) is 22.8 Å². The zero-order chi connectivity index (χ0) is 23.0. The molecule has 0 saturated carbocycles. The van der Waals surface area contributed by atoms with Crippen molar-refractivity contribution < 1.29 is 19.1 Å². The molecule has 1 heterocycles. The molecule has 2 rings (SSSR count). The van der Waals surface area contributed by atoms with E-state index >= 15 is 0 Å². The number of benzene rings is 1. The Kier molecular flexibility index (Phi) is 7.12. The van der Waals surface area contributed by atoms with E-state index < -0.39 is 11.6 Å². The van der Waals surface area contributed by atoms with Crippen LogP contribution >= 0.6 is 0 Å². The summed E-state index contributed by atoms with van der Waals surface area (Å²) in [5, 5.41) is 30.8. The van der Waals surface area contributed by atoms with Crippen molar-refractivity contribution in [2.75, 3.05) is 0 Å². The van der Waals surface area contributed by atoms with Gasteiger partial charge in [-0.25, -0.2) is 0 Å². The minimum Gasteiger partial charge on any atom is -0.474 e. The van der Waals surface area contributed by atoms with Crippen LogP contribution in [0.1, 0.15) is 26.3 Å². The van der Waals surface area contributed by atoms with Gasteiger partial charge in [-0.2, -0.15) is 15.8 Å². The molecule has 8 heteroatoms. The van der Waals surface area contributed by atoms with E-state index in [9.17, 15) is 25.4 Å². The normalized spacial score (nSPS) is 17.6. The summed E-state index contributed by atoms with van der Waals surface area (Å²) in [6.45, 7) is 4.35. The summed E-state index contributed by atoms with van der Waals surface area (Å²) >= 11 is 0. The predicted octanol–water partition coefficient (Wildman–Crippen LogP) is 3.18. The second-order valence-corrected chi connectivity index (χ2v) is 6.50. The second kappa shape index (κ2) is 9.73. The second-order valence-electron chi connectivity index (χ2n) is 6.50. The summed E-state index contributed by atoms with van der Waals surface area (Å²) in [6.07, 6.45) is 6.19. The third kappa shape index (κ3) is 5.06. The predicted molar refractivity (Wildman–Crippen MR) is 109 cm³/mol. The highest BCUT2D eigenvalue weighted by molar-refractivity contribution is 5.74. The molecule has 1 atom stereocenters. The summed E-state index contributed by atoms with van der Waals surface area (Å²) in [7, 11) is 0. The van der Waals surface area contributed by atoms with Crippen molar-refractivity contribution in [1.82, 2.24) is 5.32 Å². The van der Waals surface area contributed by atoms with E-state index in [0.29, 0.717) is 16.9 Å². The lowest BCUT2D eigenvalue weighted by atomic mass is 9.86. The van der Waals surface area contributed by atoms with Gasteiger partial charge >= 0.3 is 5.97 Å². The van der Waals surface area contributed by atoms with Crippen LogP contribution in [-0.4, -0.2) is 11.9 Å². The Morgan fingerprint density at radius 1 is 1.10 bits per heavy atom. The molecule has 0 aliphatic carbocycles. The van der Waals surface area contributed by atoms with Crippen molar-refractivity contribution in [3.05, 3.63) is 76.7 Å². The summed E-state index contributed by atoms with van der Waals surface area (Å²) in [5.41, 5.74) is -0.454. The molecule has 0 aromatic heterocycles. The molecular weight excluding hydrogens is 396 g/mol. The number of nitrogens with one attached hydrogen (secondary N) is 1. The number of rotatable bonds is 5. The van der Waals surface area contributed by atoms with Gasteiger partial charge < -0.3 is 14.8 Å². The fourth-order valence-electron chi connectivity index (χ4n) is 2.92. The largest absolute Gasteiger partial charge is 0.474 e. The maximum Gasteiger partial charge on any atom is 0.308 e. The van der Waals surface area contributed by atoms with Crippen LogP contribution in [0, 0.1) is 34.0 Å². The Bertz CT molecular complexity index is 1140. The molecular formula is C23H18N4O4. The Morgan fingerprint density at radius 3 is 2.26 bits per heavy atom. The molecule has 1 aliphatic rings. The maximum absolute atomic E-state index is 11.1. The molecule has 31 heavy (non-hydrogen) atoms. The first kappa shape index (κ1) is 22.7. The Balaban J connectivity index is 2.59. The minimum atomic E-state index is -1.20. The molecule has 1 aliphatic heterocycles. The SMILES string of the molecule is CC(=O)N/C=C/C=CC1=C(C#N)C(=C(C#N)C#N)OC1(C)c1ccc(OC(C)=O)cc1.